The molecule has 0 bridgehead atoms. The normalized spacial score (nSPS) is 12.8. The molecule has 5 nitrogen and oxygen atoms in total. The van der Waals surface area contributed by atoms with Gasteiger partial charge in [0.25, 0.3) is 5.91 Å². The van der Waals surface area contributed by atoms with Crippen molar-refractivity contribution in [1.82, 2.24) is 15.5 Å². The SMILES string of the molecule is CCC(CC)C(O)CNC(=O)c1n[nH]c2ccc(C)cc12. The van der Waals surface area contributed by atoms with Gasteiger partial charge in [0, 0.05) is 11.9 Å². The van der Waals surface area contributed by atoms with Crippen molar-refractivity contribution in [3.8, 4) is 0 Å². The molecule has 0 aliphatic carbocycles. The molecule has 1 heterocycles. The second-order valence-corrected chi connectivity index (χ2v) is 5.48. The van der Waals surface area contributed by atoms with Crippen LogP contribution in [0.15, 0.2) is 18.2 Å². The summed E-state index contributed by atoms with van der Waals surface area (Å²) in [6.45, 7) is 6.32. The molecule has 1 unspecified atom stereocenters. The Morgan fingerprint density at radius 3 is 2.76 bits per heavy atom. The summed E-state index contributed by atoms with van der Waals surface area (Å²) in [5, 5.41) is 20.6. The highest BCUT2D eigenvalue weighted by Crippen LogP contribution is 2.17. The van der Waals surface area contributed by atoms with Crippen molar-refractivity contribution in [3.05, 3.63) is 29.5 Å². The number of aromatic amines is 1. The van der Waals surface area contributed by atoms with Crippen LogP contribution in [-0.2, 0) is 0 Å². The van der Waals surface area contributed by atoms with E-state index in [4.69, 9.17) is 0 Å². The molecular formula is C16H23N3O2. The number of carbonyl (C=O) groups is 1. The fourth-order valence-electron chi connectivity index (χ4n) is 2.58. The van der Waals surface area contributed by atoms with Gasteiger partial charge in [-0.2, -0.15) is 5.10 Å². The first kappa shape index (κ1) is 15.5. The maximum Gasteiger partial charge on any atom is 0.272 e. The van der Waals surface area contributed by atoms with Crippen LogP contribution < -0.4 is 5.32 Å². The number of hydrogen-bond acceptors (Lipinski definition) is 3. The molecule has 0 saturated heterocycles. The maximum absolute atomic E-state index is 12.2. The number of amides is 1. The summed E-state index contributed by atoms with van der Waals surface area (Å²) in [6.07, 6.45) is 1.28. The minimum Gasteiger partial charge on any atom is -0.391 e. The minimum absolute atomic E-state index is 0.212. The Hall–Kier alpha value is -1.88. The third-order valence-corrected chi connectivity index (χ3v) is 4.00. The first-order valence-corrected chi connectivity index (χ1v) is 7.47. The lowest BCUT2D eigenvalue weighted by Crippen LogP contribution is -2.36. The van der Waals surface area contributed by atoms with E-state index in [0.717, 1.165) is 29.3 Å². The van der Waals surface area contributed by atoms with Crippen LogP contribution in [0.25, 0.3) is 10.9 Å². The van der Waals surface area contributed by atoms with E-state index in [1.165, 1.54) is 0 Å². The van der Waals surface area contributed by atoms with E-state index in [0.29, 0.717) is 5.69 Å². The van der Waals surface area contributed by atoms with Crippen LogP contribution in [-0.4, -0.2) is 33.9 Å². The van der Waals surface area contributed by atoms with Crippen molar-refractivity contribution < 1.29 is 9.90 Å². The zero-order valence-electron chi connectivity index (χ0n) is 12.8. The highest BCUT2D eigenvalue weighted by Gasteiger charge is 2.19. The van der Waals surface area contributed by atoms with Gasteiger partial charge in [-0.25, -0.2) is 0 Å². The number of carbonyl (C=O) groups excluding carboxylic acids is 1. The van der Waals surface area contributed by atoms with Gasteiger partial charge in [0.2, 0.25) is 0 Å². The van der Waals surface area contributed by atoms with E-state index in [2.05, 4.69) is 15.5 Å². The van der Waals surface area contributed by atoms with Crippen molar-refractivity contribution in [2.45, 2.75) is 39.7 Å². The molecule has 0 aliphatic rings. The fraction of sp³-hybridized carbons (Fsp3) is 0.500. The quantitative estimate of drug-likeness (QED) is 0.764. The van der Waals surface area contributed by atoms with E-state index in [1.807, 2.05) is 39.0 Å². The summed E-state index contributed by atoms with van der Waals surface area (Å²) < 4.78 is 0. The van der Waals surface area contributed by atoms with E-state index in [-0.39, 0.29) is 18.4 Å². The summed E-state index contributed by atoms with van der Waals surface area (Å²) in [5.41, 5.74) is 2.30. The topological polar surface area (TPSA) is 78.0 Å². The standard InChI is InChI=1S/C16H23N3O2/c1-4-11(5-2)14(20)9-17-16(21)15-12-8-10(3)6-7-13(12)18-19-15/h6-8,11,14,20H,4-5,9H2,1-3H3,(H,17,21)(H,18,19). The number of benzene rings is 1. The predicted molar refractivity (Wildman–Crippen MR) is 83.2 cm³/mol. The van der Waals surface area contributed by atoms with Gasteiger partial charge in [-0.3, -0.25) is 9.89 Å². The molecule has 0 spiro atoms. The van der Waals surface area contributed by atoms with Gasteiger partial charge in [-0.1, -0.05) is 38.3 Å². The second kappa shape index (κ2) is 6.72. The van der Waals surface area contributed by atoms with Crippen molar-refractivity contribution >= 4 is 16.8 Å². The number of aryl methyl sites for hydroxylation is 1. The molecule has 1 aromatic carbocycles. The van der Waals surface area contributed by atoms with Crippen LogP contribution in [0.5, 0.6) is 0 Å². The number of hydrogen-bond donors (Lipinski definition) is 3. The third kappa shape index (κ3) is 3.42. The minimum atomic E-state index is -0.518. The molecule has 1 aromatic heterocycles. The van der Waals surface area contributed by atoms with E-state index < -0.39 is 6.10 Å². The molecule has 2 rings (SSSR count). The molecule has 0 saturated carbocycles. The van der Waals surface area contributed by atoms with Crippen molar-refractivity contribution in [2.24, 2.45) is 5.92 Å². The smallest absolute Gasteiger partial charge is 0.272 e. The number of aliphatic hydroxyl groups is 1. The predicted octanol–water partition coefficient (Wildman–Crippen LogP) is 2.40. The zero-order chi connectivity index (χ0) is 15.4. The number of nitrogens with one attached hydrogen (secondary N) is 2. The van der Waals surface area contributed by atoms with Crippen molar-refractivity contribution in [1.29, 1.82) is 0 Å². The van der Waals surface area contributed by atoms with Crippen LogP contribution in [0.2, 0.25) is 0 Å². The molecule has 5 heteroatoms. The monoisotopic (exact) mass is 289 g/mol. The number of aromatic nitrogens is 2. The van der Waals surface area contributed by atoms with Gasteiger partial charge >= 0.3 is 0 Å². The lowest BCUT2D eigenvalue weighted by atomic mass is 9.96. The molecule has 0 fully saturated rings. The molecule has 1 atom stereocenters. The largest absolute Gasteiger partial charge is 0.391 e. The highest BCUT2D eigenvalue weighted by atomic mass is 16.3. The number of nitrogens with zero attached hydrogens (tertiary/aromatic N) is 1. The highest BCUT2D eigenvalue weighted by molar-refractivity contribution is 6.04. The number of H-pyrrole nitrogens is 1. The first-order chi connectivity index (χ1) is 10.1. The summed E-state index contributed by atoms with van der Waals surface area (Å²) in [7, 11) is 0. The number of fused-ring (bicyclic) bond motifs is 1. The van der Waals surface area contributed by atoms with Gasteiger partial charge in [0.1, 0.15) is 0 Å². The Labute approximate surface area is 124 Å². The summed E-state index contributed by atoms with van der Waals surface area (Å²) in [6, 6.07) is 5.82. The third-order valence-electron chi connectivity index (χ3n) is 4.00. The Balaban J connectivity index is 2.07. The molecule has 1 amide bonds. The molecule has 3 N–H and O–H groups in total. The van der Waals surface area contributed by atoms with E-state index in [1.54, 1.807) is 0 Å². The number of rotatable bonds is 6. The fourth-order valence-corrected chi connectivity index (χ4v) is 2.58. The molecular weight excluding hydrogens is 266 g/mol. The molecule has 2 aromatic rings. The number of aliphatic hydroxyl groups excluding tert-OH is 1. The van der Waals surface area contributed by atoms with Crippen LogP contribution in [0.3, 0.4) is 0 Å². The lowest BCUT2D eigenvalue weighted by Gasteiger charge is -2.20. The van der Waals surface area contributed by atoms with Crippen LogP contribution in [0, 0.1) is 12.8 Å². The van der Waals surface area contributed by atoms with Gasteiger partial charge in [-0.05, 0) is 25.0 Å². The van der Waals surface area contributed by atoms with Gasteiger partial charge in [0.05, 0.1) is 11.6 Å². The van der Waals surface area contributed by atoms with Gasteiger partial charge < -0.3 is 10.4 Å². The van der Waals surface area contributed by atoms with Crippen LogP contribution >= 0.6 is 0 Å². The van der Waals surface area contributed by atoms with E-state index >= 15 is 0 Å². The Bertz CT molecular complexity index is 617. The zero-order valence-corrected chi connectivity index (χ0v) is 12.8. The summed E-state index contributed by atoms with van der Waals surface area (Å²) in [4.78, 5) is 12.2. The Morgan fingerprint density at radius 2 is 2.10 bits per heavy atom. The second-order valence-electron chi connectivity index (χ2n) is 5.48. The van der Waals surface area contributed by atoms with Crippen molar-refractivity contribution in [3.63, 3.8) is 0 Å². The van der Waals surface area contributed by atoms with Crippen LogP contribution in [0.4, 0.5) is 0 Å². The van der Waals surface area contributed by atoms with Crippen molar-refractivity contribution in [2.75, 3.05) is 6.54 Å². The lowest BCUT2D eigenvalue weighted by molar-refractivity contribution is 0.0814. The average Bonchev–Trinajstić information content (AvgIpc) is 2.89. The average molecular weight is 289 g/mol. The molecule has 0 radical (unpaired) electrons. The Kier molecular flexibility index (Phi) is 4.96. The summed E-state index contributed by atoms with van der Waals surface area (Å²) in [5.74, 6) is -0.0414. The summed E-state index contributed by atoms with van der Waals surface area (Å²) >= 11 is 0. The molecule has 21 heavy (non-hydrogen) atoms. The Morgan fingerprint density at radius 1 is 1.38 bits per heavy atom. The van der Waals surface area contributed by atoms with Gasteiger partial charge in [-0.15, -0.1) is 0 Å². The van der Waals surface area contributed by atoms with Gasteiger partial charge in [0.15, 0.2) is 5.69 Å². The van der Waals surface area contributed by atoms with E-state index in [9.17, 15) is 9.90 Å². The van der Waals surface area contributed by atoms with Crippen LogP contribution in [0.1, 0.15) is 42.7 Å². The first-order valence-electron chi connectivity index (χ1n) is 7.47. The maximum atomic E-state index is 12.2. The molecule has 114 valence electrons. The molecule has 0 aliphatic heterocycles.